The summed E-state index contributed by atoms with van der Waals surface area (Å²) in [4.78, 5) is 20.4. The summed E-state index contributed by atoms with van der Waals surface area (Å²) in [7, 11) is 0. The van der Waals surface area contributed by atoms with Crippen molar-refractivity contribution >= 4 is 11.9 Å². The molecule has 5 atom stereocenters. The highest BCUT2D eigenvalue weighted by molar-refractivity contribution is 5.69. The number of carboxylic acids is 2. The number of fused-ring (bicyclic) bond motifs is 1. The molecule has 28 heavy (non-hydrogen) atoms. The lowest BCUT2D eigenvalue weighted by molar-refractivity contribution is -0.141. The Balaban J connectivity index is 0.000000480. The van der Waals surface area contributed by atoms with Crippen LogP contribution >= 0.6 is 0 Å². The summed E-state index contributed by atoms with van der Waals surface area (Å²) in [6, 6.07) is 0. The van der Waals surface area contributed by atoms with Crippen LogP contribution < -0.4 is 0 Å². The lowest BCUT2D eigenvalue weighted by atomic mass is 9.67. The van der Waals surface area contributed by atoms with Crippen LogP contribution in [-0.4, -0.2) is 33.4 Å². The molecule has 5 heteroatoms. The van der Waals surface area contributed by atoms with Gasteiger partial charge in [0.25, 0.3) is 0 Å². The molecule has 5 nitrogen and oxygen atoms in total. The van der Waals surface area contributed by atoms with E-state index in [-0.39, 0.29) is 12.0 Å². The van der Waals surface area contributed by atoms with E-state index in [4.69, 9.17) is 10.2 Å². The topological polar surface area (TPSA) is 94.8 Å². The van der Waals surface area contributed by atoms with Crippen LogP contribution in [0.4, 0.5) is 0 Å². The van der Waals surface area contributed by atoms with Crippen molar-refractivity contribution in [2.45, 2.75) is 84.7 Å². The SMILES string of the molecule is CC1C=CC2=CC(O)CCC2C1CCCCCCC(=O)O.CCC(C)C(=O)O. The maximum atomic E-state index is 10.5. The van der Waals surface area contributed by atoms with Crippen molar-refractivity contribution < 1.29 is 24.9 Å². The summed E-state index contributed by atoms with van der Waals surface area (Å²) in [6.45, 7) is 5.86. The number of aliphatic carboxylic acids is 2. The molecule has 2 aliphatic rings. The molecule has 0 bridgehead atoms. The molecule has 0 aromatic carbocycles. The largest absolute Gasteiger partial charge is 0.481 e. The molecule has 160 valence electrons. The number of carboxylic acid groups (broad SMARTS) is 2. The van der Waals surface area contributed by atoms with Crippen LogP contribution in [-0.2, 0) is 9.59 Å². The number of hydrogen-bond acceptors (Lipinski definition) is 3. The standard InChI is InChI=1S/C18H28O3.C5H10O2/c1-13-8-9-14-12-15(19)10-11-17(14)16(13)6-4-2-3-5-7-18(20)21;1-3-4(2)5(6)7/h8-9,12-13,15-17,19H,2-7,10-11H2,1H3,(H,20,21);4H,3H2,1-2H3,(H,6,7). The lowest BCUT2D eigenvalue weighted by Crippen LogP contribution is -2.29. The summed E-state index contributed by atoms with van der Waals surface area (Å²) in [6.07, 6.45) is 14.7. The van der Waals surface area contributed by atoms with Gasteiger partial charge in [-0.25, -0.2) is 0 Å². The number of aliphatic hydroxyl groups excluding tert-OH is 1. The molecule has 3 N–H and O–H groups in total. The second-order valence-electron chi connectivity index (χ2n) is 8.29. The number of aliphatic hydroxyl groups is 1. The van der Waals surface area contributed by atoms with Crippen LogP contribution in [0.5, 0.6) is 0 Å². The van der Waals surface area contributed by atoms with Crippen molar-refractivity contribution in [2.24, 2.45) is 23.7 Å². The first-order valence-corrected chi connectivity index (χ1v) is 10.8. The average molecular weight is 395 g/mol. The van der Waals surface area contributed by atoms with E-state index in [2.05, 4.69) is 19.1 Å². The highest BCUT2D eigenvalue weighted by Crippen LogP contribution is 2.42. The molecular formula is C23H38O5. The zero-order chi connectivity index (χ0) is 21.1. The summed E-state index contributed by atoms with van der Waals surface area (Å²) < 4.78 is 0. The van der Waals surface area contributed by atoms with E-state index in [1.807, 2.05) is 13.0 Å². The van der Waals surface area contributed by atoms with Gasteiger partial charge in [0, 0.05) is 6.42 Å². The van der Waals surface area contributed by atoms with Gasteiger partial charge in [0.05, 0.1) is 12.0 Å². The van der Waals surface area contributed by atoms with E-state index in [9.17, 15) is 14.7 Å². The summed E-state index contributed by atoms with van der Waals surface area (Å²) in [5.41, 5.74) is 1.34. The van der Waals surface area contributed by atoms with Crippen molar-refractivity contribution in [3.63, 3.8) is 0 Å². The van der Waals surface area contributed by atoms with Crippen molar-refractivity contribution in [3.8, 4) is 0 Å². The minimum absolute atomic E-state index is 0.181. The second-order valence-corrected chi connectivity index (χ2v) is 8.29. The smallest absolute Gasteiger partial charge is 0.306 e. The minimum atomic E-state index is -0.706. The van der Waals surface area contributed by atoms with Gasteiger partial charge in [0.15, 0.2) is 0 Å². The van der Waals surface area contributed by atoms with E-state index < -0.39 is 11.9 Å². The molecule has 0 radical (unpaired) electrons. The first kappa shape index (κ1) is 24.4. The first-order valence-electron chi connectivity index (χ1n) is 10.8. The molecule has 2 aliphatic carbocycles. The third-order valence-corrected chi connectivity index (χ3v) is 6.08. The molecule has 0 saturated carbocycles. The van der Waals surface area contributed by atoms with Crippen molar-refractivity contribution in [1.82, 2.24) is 0 Å². The number of carbonyl (C=O) groups is 2. The zero-order valence-corrected chi connectivity index (χ0v) is 17.6. The summed E-state index contributed by atoms with van der Waals surface area (Å²) in [5.74, 6) is 0.348. The molecule has 2 rings (SSSR count). The maximum Gasteiger partial charge on any atom is 0.306 e. The van der Waals surface area contributed by atoms with E-state index in [1.165, 1.54) is 18.4 Å². The quantitative estimate of drug-likeness (QED) is 0.476. The highest BCUT2D eigenvalue weighted by Gasteiger charge is 2.32. The molecule has 0 saturated heterocycles. The van der Waals surface area contributed by atoms with E-state index in [0.717, 1.165) is 38.5 Å². The van der Waals surface area contributed by atoms with E-state index in [0.29, 0.717) is 24.2 Å². The molecule has 0 heterocycles. The van der Waals surface area contributed by atoms with Crippen LogP contribution in [0.2, 0.25) is 0 Å². The predicted molar refractivity (Wildman–Crippen MR) is 111 cm³/mol. The minimum Gasteiger partial charge on any atom is -0.481 e. The number of unbranched alkanes of at least 4 members (excludes halogenated alkanes) is 3. The third-order valence-electron chi connectivity index (χ3n) is 6.08. The van der Waals surface area contributed by atoms with Crippen LogP contribution in [0.3, 0.4) is 0 Å². The maximum absolute atomic E-state index is 10.5. The van der Waals surface area contributed by atoms with Gasteiger partial charge in [-0.2, -0.15) is 0 Å². The normalized spacial score (nSPS) is 27.1. The fourth-order valence-electron chi connectivity index (χ4n) is 4.01. The number of allylic oxidation sites excluding steroid dienone is 3. The van der Waals surface area contributed by atoms with Gasteiger partial charge < -0.3 is 15.3 Å². The molecule has 5 unspecified atom stereocenters. The molecule has 0 aromatic rings. The van der Waals surface area contributed by atoms with E-state index >= 15 is 0 Å². The van der Waals surface area contributed by atoms with Gasteiger partial charge in [0.1, 0.15) is 0 Å². The Kier molecular flexibility index (Phi) is 11.1. The number of hydrogen-bond donors (Lipinski definition) is 3. The van der Waals surface area contributed by atoms with Crippen molar-refractivity contribution in [2.75, 3.05) is 0 Å². The Morgan fingerprint density at radius 2 is 1.82 bits per heavy atom. The van der Waals surface area contributed by atoms with Crippen molar-refractivity contribution in [3.05, 3.63) is 23.8 Å². The van der Waals surface area contributed by atoms with Crippen LogP contribution in [0.25, 0.3) is 0 Å². The second kappa shape index (κ2) is 12.8. The summed E-state index contributed by atoms with van der Waals surface area (Å²) >= 11 is 0. The predicted octanol–water partition coefficient (Wildman–Crippen LogP) is 5.05. The Morgan fingerprint density at radius 3 is 2.39 bits per heavy atom. The number of rotatable bonds is 9. The lowest BCUT2D eigenvalue weighted by Gasteiger charge is -2.38. The molecule has 0 spiro atoms. The van der Waals surface area contributed by atoms with Gasteiger partial charge in [-0.1, -0.05) is 58.3 Å². The highest BCUT2D eigenvalue weighted by atomic mass is 16.4. The molecule has 0 aromatic heterocycles. The molecule has 0 amide bonds. The monoisotopic (exact) mass is 394 g/mol. The Morgan fingerprint density at radius 1 is 1.14 bits per heavy atom. The Bertz CT molecular complexity index is 551. The van der Waals surface area contributed by atoms with Crippen molar-refractivity contribution in [1.29, 1.82) is 0 Å². The van der Waals surface area contributed by atoms with E-state index in [1.54, 1.807) is 6.92 Å². The van der Waals surface area contributed by atoms with Gasteiger partial charge in [-0.15, -0.1) is 0 Å². The summed E-state index contributed by atoms with van der Waals surface area (Å²) in [5, 5.41) is 26.6. The third kappa shape index (κ3) is 8.59. The van der Waals surface area contributed by atoms with Gasteiger partial charge in [-0.3, -0.25) is 9.59 Å². The van der Waals surface area contributed by atoms with Gasteiger partial charge in [-0.05, 0) is 55.4 Å². The molecular weight excluding hydrogens is 356 g/mol. The van der Waals surface area contributed by atoms with Gasteiger partial charge >= 0.3 is 11.9 Å². The fraction of sp³-hybridized carbons (Fsp3) is 0.739. The van der Waals surface area contributed by atoms with Crippen LogP contribution in [0, 0.1) is 23.7 Å². The molecule has 0 aliphatic heterocycles. The van der Waals surface area contributed by atoms with Crippen LogP contribution in [0.15, 0.2) is 23.8 Å². The Labute approximate surface area is 169 Å². The van der Waals surface area contributed by atoms with Crippen LogP contribution in [0.1, 0.15) is 78.6 Å². The molecule has 0 fully saturated rings. The fourth-order valence-corrected chi connectivity index (χ4v) is 4.01. The first-order chi connectivity index (χ1) is 13.3. The Hall–Kier alpha value is -1.62. The van der Waals surface area contributed by atoms with Gasteiger partial charge in [0.2, 0.25) is 0 Å². The average Bonchev–Trinajstić information content (AvgIpc) is 2.65. The zero-order valence-electron chi connectivity index (χ0n) is 17.6.